The van der Waals surface area contributed by atoms with E-state index in [0.717, 1.165) is 5.56 Å². The van der Waals surface area contributed by atoms with Crippen molar-refractivity contribution in [1.82, 2.24) is 5.32 Å². The van der Waals surface area contributed by atoms with Gasteiger partial charge in [-0.3, -0.25) is 0 Å². The van der Waals surface area contributed by atoms with E-state index in [1.54, 1.807) is 25.3 Å². The Hall–Kier alpha value is -2.56. The van der Waals surface area contributed by atoms with E-state index in [-0.39, 0.29) is 30.9 Å². The van der Waals surface area contributed by atoms with Gasteiger partial charge in [-0.2, -0.15) is 0 Å². The lowest BCUT2D eigenvalue weighted by Crippen LogP contribution is -2.18. The lowest BCUT2D eigenvalue weighted by Gasteiger charge is -2.16. The molecule has 0 saturated heterocycles. The maximum Gasteiger partial charge on any atom is 0.161 e. The van der Waals surface area contributed by atoms with Crippen molar-refractivity contribution in [1.29, 1.82) is 0 Å². The van der Waals surface area contributed by atoms with Crippen LogP contribution in [0.15, 0.2) is 72.8 Å². The summed E-state index contributed by atoms with van der Waals surface area (Å²) < 4.78 is 24.9. The van der Waals surface area contributed by atoms with Gasteiger partial charge in [-0.15, -0.1) is 12.4 Å². The van der Waals surface area contributed by atoms with Crippen LogP contribution in [0.5, 0.6) is 11.5 Å². The number of halogens is 2. The van der Waals surface area contributed by atoms with Gasteiger partial charge >= 0.3 is 0 Å². The van der Waals surface area contributed by atoms with Crippen LogP contribution in [0.25, 0.3) is 0 Å². The monoisotopic (exact) mass is 401 g/mol. The summed E-state index contributed by atoms with van der Waals surface area (Å²) in [7, 11) is 1.61. The van der Waals surface area contributed by atoms with E-state index < -0.39 is 0 Å². The molecular formula is C23H25ClFNO2. The maximum absolute atomic E-state index is 13.7. The predicted molar refractivity (Wildman–Crippen MR) is 113 cm³/mol. The molecule has 3 aromatic rings. The first-order valence-corrected chi connectivity index (χ1v) is 8.99. The summed E-state index contributed by atoms with van der Waals surface area (Å²) >= 11 is 0. The van der Waals surface area contributed by atoms with Gasteiger partial charge < -0.3 is 14.8 Å². The molecule has 0 aliphatic carbocycles. The Balaban J connectivity index is 0.00000280. The fourth-order valence-electron chi connectivity index (χ4n) is 2.84. The average molecular weight is 402 g/mol. The number of ether oxygens (including phenoxy) is 2. The molecule has 3 nitrogen and oxygen atoms in total. The molecule has 1 atom stereocenters. The third kappa shape index (κ3) is 5.72. The van der Waals surface area contributed by atoms with Gasteiger partial charge in [0.25, 0.3) is 0 Å². The van der Waals surface area contributed by atoms with Gasteiger partial charge in [0.15, 0.2) is 11.5 Å². The van der Waals surface area contributed by atoms with Gasteiger partial charge in [0.1, 0.15) is 12.4 Å². The first kappa shape index (κ1) is 21.7. The third-order valence-electron chi connectivity index (χ3n) is 4.48. The lowest BCUT2D eigenvalue weighted by molar-refractivity contribution is 0.279. The maximum atomic E-state index is 13.7. The first-order chi connectivity index (χ1) is 13.2. The van der Waals surface area contributed by atoms with Crippen molar-refractivity contribution >= 4 is 12.4 Å². The van der Waals surface area contributed by atoms with Crippen LogP contribution in [0.3, 0.4) is 0 Å². The fourth-order valence-corrected chi connectivity index (χ4v) is 2.84. The predicted octanol–water partition coefficient (Wildman–Crippen LogP) is 5.69. The summed E-state index contributed by atoms with van der Waals surface area (Å²) in [5.74, 6) is 0.964. The molecule has 0 fully saturated rings. The van der Waals surface area contributed by atoms with Crippen LogP contribution in [-0.2, 0) is 13.2 Å². The minimum atomic E-state index is -0.271. The molecule has 3 aromatic carbocycles. The normalized spacial score (nSPS) is 11.4. The van der Waals surface area contributed by atoms with Gasteiger partial charge in [0.05, 0.1) is 7.11 Å². The molecule has 5 heteroatoms. The molecule has 0 aromatic heterocycles. The summed E-state index contributed by atoms with van der Waals surface area (Å²) in [6.07, 6.45) is 0. The highest BCUT2D eigenvalue weighted by atomic mass is 35.5. The Bertz CT molecular complexity index is 873. The third-order valence-corrected chi connectivity index (χ3v) is 4.48. The second-order valence-electron chi connectivity index (χ2n) is 6.38. The van der Waals surface area contributed by atoms with Crippen LogP contribution in [0, 0.1) is 5.82 Å². The zero-order valence-electron chi connectivity index (χ0n) is 16.0. The smallest absolute Gasteiger partial charge is 0.161 e. The number of hydrogen-bond donors (Lipinski definition) is 1. The molecule has 3 rings (SSSR count). The van der Waals surface area contributed by atoms with Crippen LogP contribution >= 0.6 is 12.4 Å². The molecule has 0 saturated carbocycles. The van der Waals surface area contributed by atoms with Crippen LogP contribution in [0.4, 0.5) is 4.39 Å². The molecule has 0 radical (unpaired) electrons. The molecule has 0 spiro atoms. The van der Waals surface area contributed by atoms with Crippen LogP contribution in [0.2, 0.25) is 0 Å². The molecule has 148 valence electrons. The zero-order valence-corrected chi connectivity index (χ0v) is 16.8. The zero-order chi connectivity index (χ0) is 19.1. The molecule has 0 amide bonds. The van der Waals surface area contributed by atoms with Crippen molar-refractivity contribution in [3.8, 4) is 11.5 Å². The summed E-state index contributed by atoms with van der Waals surface area (Å²) in [6.45, 7) is 3.00. The highest BCUT2D eigenvalue weighted by molar-refractivity contribution is 5.85. The summed E-state index contributed by atoms with van der Waals surface area (Å²) in [6, 6.07) is 23.0. The minimum Gasteiger partial charge on any atom is -0.493 e. The Morgan fingerprint density at radius 1 is 0.929 bits per heavy atom. The number of rotatable bonds is 8. The van der Waals surface area contributed by atoms with E-state index in [9.17, 15) is 4.39 Å². The van der Waals surface area contributed by atoms with Gasteiger partial charge in [0.2, 0.25) is 0 Å². The Morgan fingerprint density at radius 3 is 2.36 bits per heavy atom. The fraction of sp³-hybridized carbons (Fsp3) is 0.217. The summed E-state index contributed by atoms with van der Waals surface area (Å²) in [5, 5.41) is 3.51. The molecule has 28 heavy (non-hydrogen) atoms. The van der Waals surface area contributed by atoms with Gasteiger partial charge in [-0.05, 0) is 36.2 Å². The molecule has 0 aliphatic rings. The first-order valence-electron chi connectivity index (χ1n) is 8.99. The molecule has 1 unspecified atom stereocenters. The minimum absolute atomic E-state index is 0. The van der Waals surface area contributed by atoms with Crippen molar-refractivity contribution in [2.24, 2.45) is 0 Å². The quantitative estimate of drug-likeness (QED) is 0.526. The van der Waals surface area contributed by atoms with Crippen LogP contribution in [-0.4, -0.2) is 7.11 Å². The van der Waals surface area contributed by atoms with Crippen molar-refractivity contribution < 1.29 is 13.9 Å². The summed E-state index contributed by atoms with van der Waals surface area (Å²) in [4.78, 5) is 0. The number of methoxy groups -OCH3 is 1. The molecular weight excluding hydrogens is 377 g/mol. The number of nitrogens with one attached hydrogen (secondary N) is 1. The van der Waals surface area contributed by atoms with Gasteiger partial charge in [-0.1, -0.05) is 54.6 Å². The summed E-state index contributed by atoms with van der Waals surface area (Å²) in [5.41, 5.74) is 2.85. The van der Waals surface area contributed by atoms with Crippen LogP contribution < -0.4 is 14.8 Å². The molecule has 0 bridgehead atoms. The highest BCUT2D eigenvalue weighted by Crippen LogP contribution is 2.29. The SMILES string of the molecule is COc1cc(CNC(C)c2ccccc2)ccc1OCc1ccccc1F.Cl. The van der Waals surface area contributed by atoms with Crippen LogP contribution in [0.1, 0.15) is 29.7 Å². The van der Waals surface area contributed by atoms with Crippen molar-refractivity contribution in [3.63, 3.8) is 0 Å². The largest absolute Gasteiger partial charge is 0.493 e. The van der Waals surface area contributed by atoms with Crippen molar-refractivity contribution in [3.05, 3.63) is 95.3 Å². The average Bonchev–Trinajstić information content (AvgIpc) is 2.72. The van der Waals surface area contributed by atoms with E-state index in [4.69, 9.17) is 9.47 Å². The Labute approximate surface area is 171 Å². The van der Waals surface area contributed by atoms with Gasteiger partial charge in [-0.25, -0.2) is 4.39 Å². The lowest BCUT2D eigenvalue weighted by atomic mass is 10.1. The second kappa shape index (κ2) is 10.7. The molecule has 0 heterocycles. The van der Waals surface area contributed by atoms with E-state index in [1.165, 1.54) is 11.6 Å². The van der Waals surface area contributed by atoms with Crippen molar-refractivity contribution in [2.75, 3.05) is 7.11 Å². The topological polar surface area (TPSA) is 30.5 Å². The van der Waals surface area contributed by atoms with Crippen molar-refractivity contribution in [2.45, 2.75) is 26.1 Å². The van der Waals surface area contributed by atoms with E-state index in [2.05, 4.69) is 24.4 Å². The standard InChI is InChI=1S/C23H24FNO2.ClH/c1-17(19-8-4-3-5-9-19)25-15-18-12-13-22(23(14-18)26-2)27-16-20-10-6-7-11-21(20)24;/h3-14,17,25H,15-16H2,1-2H3;1H. The number of hydrogen-bond acceptors (Lipinski definition) is 3. The van der Waals surface area contributed by atoms with E-state index in [1.807, 2.05) is 36.4 Å². The molecule has 1 N–H and O–H groups in total. The number of benzene rings is 3. The molecule has 0 aliphatic heterocycles. The Kier molecular flexibility index (Phi) is 8.30. The Morgan fingerprint density at radius 2 is 1.64 bits per heavy atom. The van der Waals surface area contributed by atoms with Gasteiger partial charge in [0, 0.05) is 18.2 Å². The van der Waals surface area contributed by atoms with E-state index in [0.29, 0.717) is 23.6 Å². The highest BCUT2D eigenvalue weighted by Gasteiger charge is 2.09. The van der Waals surface area contributed by atoms with E-state index >= 15 is 0 Å². The second-order valence-corrected chi connectivity index (χ2v) is 6.38.